The molecule has 0 bridgehead atoms. The molecule has 0 saturated heterocycles. The molecule has 0 saturated carbocycles. The first kappa shape index (κ1) is 10.4. The lowest BCUT2D eigenvalue weighted by atomic mass is 10.1. The molecule has 0 unspecified atom stereocenters. The van der Waals surface area contributed by atoms with E-state index in [9.17, 15) is 0 Å². The summed E-state index contributed by atoms with van der Waals surface area (Å²) in [6.07, 6.45) is 5.76. The van der Waals surface area contributed by atoms with Crippen LogP contribution >= 0.6 is 15.9 Å². The fraction of sp³-hybridized carbons (Fsp3) is 0.200. The van der Waals surface area contributed by atoms with Crippen LogP contribution in [0.5, 0.6) is 0 Å². The number of rotatable bonds is 3. The lowest BCUT2D eigenvalue weighted by Gasteiger charge is -2.01. The minimum absolute atomic E-state index is 0.989. The fourth-order valence-electron chi connectivity index (χ4n) is 0.702. The molecular weight excluding hydrogens is 200 g/mol. The minimum atomic E-state index is 0.989. The van der Waals surface area contributed by atoms with Crippen LogP contribution in [0.25, 0.3) is 0 Å². The van der Waals surface area contributed by atoms with Crippen LogP contribution in [-0.4, -0.2) is 0 Å². The largest absolute Gasteiger partial charge is 0.0979 e. The molecule has 0 heterocycles. The summed E-state index contributed by atoms with van der Waals surface area (Å²) >= 11 is 3.39. The number of hydrogen-bond donors (Lipinski definition) is 0. The highest BCUT2D eigenvalue weighted by atomic mass is 79.9. The molecular formula is C10H13Br. The molecule has 1 heteroatoms. The molecule has 0 N–H and O–H groups in total. The maximum atomic E-state index is 3.86. The zero-order valence-electron chi connectivity index (χ0n) is 7.02. The van der Waals surface area contributed by atoms with Crippen molar-refractivity contribution in [2.45, 2.75) is 13.8 Å². The third kappa shape index (κ3) is 3.38. The normalized spacial score (nSPS) is 13.0. The number of hydrogen-bond acceptors (Lipinski definition) is 0. The second kappa shape index (κ2) is 5.14. The summed E-state index contributed by atoms with van der Waals surface area (Å²) < 4.78 is 0.989. The van der Waals surface area contributed by atoms with Gasteiger partial charge in [-0.3, -0.25) is 0 Å². The van der Waals surface area contributed by atoms with Crippen molar-refractivity contribution in [3.63, 3.8) is 0 Å². The lowest BCUT2D eigenvalue weighted by molar-refractivity contribution is 1.44. The van der Waals surface area contributed by atoms with Crippen LogP contribution in [0.1, 0.15) is 13.8 Å². The van der Waals surface area contributed by atoms with Crippen molar-refractivity contribution >= 4 is 15.9 Å². The Bertz CT molecular complexity index is 219. The smallest absolute Gasteiger partial charge is 0.0244 e. The molecule has 60 valence electrons. The predicted octanol–water partition coefficient (Wildman–Crippen LogP) is 3.97. The second-order valence-electron chi connectivity index (χ2n) is 2.25. The van der Waals surface area contributed by atoms with E-state index < -0.39 is 0 Å². The molecule has 0 aliphatic carbocycles. The molecule has 0 aromatic heterocycles. The van der Waals surface area contributed by atoms with E-state index in [1.807, 2.05) is 26.0 Å². The lowest BCUT2D eigenvalue weighted by Crippen LogP contribution is -1.80. The highest BCUT2D eigenvalue weighted by Crippen LogP contribution is 2.20. The van der Waals surface area contributed by atoms with Gasteiger partial charge in [-0.1, -0.05) is 47.3 Å². The van der Waals surface area contributed by atoms with Gasteiger partial charge in [-0.25, -0.2) is 0 Å². The first-order valence-corrected chi connectivity index (χ1v) is 4.23. The quantitative estimate of drug-likeness (QED) is 0.622. The number of halogens is 1. The molecule has 0 fully saturated rings. The van der Waals surface area contributed by atoms with Gasteiger partial charge in [-0.05, 0) is 25.0 Å². The second-order valence-corrected chi connectivity index (χ2v) is 3.10. The van der Waals surface area contributed by atoms with Gasteiger partial charge in [0.2, 0.25) is 0 Å². The molecule has 0 atom stereocenters. The van der Waals surface area contributed by atoms with Crippen LogP contribution in [0.15, 0.2) is 47.0 Å². The van der Waals surface area contributed by atoms with Gasteiger partial charge in [0.1, 0.15) is 0 Å². The van der Waals surface area contributed by atoms with Crippen molar-refractivity contribution < 1.29 is 0 Å². The molecule has 0 radical (unpaired) electrons. The molecule has 0 aromatic rings. The van der Waals surface area contributed by atoms with E-state index in [-0.39, 0.29) is 0 Å². The summed E-state index contributed by atoms with van der Waals surface area (Å²) in [4.78, 5) is 0. The summed E-state index contributed by atoms with van der Waals surface area (Å²) in [7, 11) is 0. The zero-order chi connectivity index (χ0) is 8.85. The Balaban J connectivity index is 4.87. The molecule has 11 heavy (non-hydrogen) atoms. The maximum Gasteiger partial charge on any atom is 0.0244 e. The van der Waals surface area contributed by atoms with Gasteiger partial charge in [0.25, 0.3) is 0 Å². The van der Waals surface area contributed by atoms with Gasteiger partial charge in [0.05, 0.1) is 0 Å². The summed E-state index contributed by atoms with van der Waals surface area (Å²) in [6.45, 7) is 11.5. The standard InChI is InChI=1S/C10H13Br/c1-5-7-9(8(3)4)10(11)6-2/h5-7H,2-3H2,1,4H3/b7-5-,10-9+. The van der Waals surface area contributed by atoms with Crippen molar-refractivity contribution in [1.29, 1.82) is 0 Å². The Hall–Kier alpha value is -0.560. The van der Waals surface area contributed by atoms with Gasteiger partial charge in [-0.2, -0.15) is 0 Å². The van der Waals surface area contributed by atoms with Crippen molar-refractivity contribution in [2.75, 3.05) is 0 Å². The van der Waals surface area contributed by atoms with E-state index in [0.29, 0.717) is 0 Å². The van der Waals surface area contributed by atoms with Crippen molar-refractivity contribution in [3.8, 4) is 0 Å². The van der Waals surface area contributed by atoms with Crippen molar-refractivity contribution in [1.82, 2.24) is 0 Å². The van der Waals surface area contributed by atoms with E-state index in [1.165, 1.54) is 0 Å². The van der Waals surface area contributed by atoms with Crippen LogP contribution in [-0.2, 0) is 0 Å². The Morgan fingerprint density at radius 3 is 2.27 bits per heavy atom. The molecule has 0 aliphatic heterocycles. The van der Waals surface area contributed by atoms with Gasteiger partial charge < -0.3 is 0 Å². The average molecular weight is 213 g/mol. The van der Waals surface area contributed by atoms with Crippen molar-refractivity contribution in [2.24, 2.45) is 0 Å². The Labute approximate surface area is 77.1 Å². The van der Waals surface area contributed by atoms with E-state index in [4.69, 9.17) is 0 Å². The van der Waals surface area contributed by atoms with Gasteiger partial charge >= 0.3 is 0 Å². The first-order valence-electron chi connectivity index (χ1n) is 3.44. The Morgan fingerprint density at radius 2 is 2.00 bits per heavy atom. The van der Waals surface area contributed by atoms with E-state index >= 15 is 0 Å². The van der Waals surface area contributed by atoms with Crippen LogP contribution in [0.3, 0.4) is 0 Å². The highest BCUT2D eigenvalue weighted by Gasteiger charge is 1.96. The average Bonchev–Trinajstić information content (AvgIpc) is 1.98. The Kier molecular flexibility index (Phi) is 4.88. The minimum Gasteiger partial charge on any atom is -0.0979 e. The van der Waals surface area contributed by atoms with E-state index in [0.717, 1.165) is 15.6 Å². The fourth-order valence-corrected chi connectivity index (χ4v) is 1.17. The van der Waals surface area contributed by atoms with E-state index in [1.54, 1.807) is 6.08 Å². The summed E-state index contributed by atoms with van der Waals surface area (Å²) in [5.41, 5.74) is 2.14. The summed E-state index contributed by atoms with van der Waals surface area (Å²) in [6, 6.07) is 0. The maximum absolute atomic E-state index is 3.86. The predicted molar refractivity (Wildman–Crippen MR) is 55.8 cm³/mol. The van der Waals surface area contributed by atoms with Crippen LogP contribution in [0, 0.1) is 0 Å². The molecule has 0 rings (SSSR count). The van der Waals surface area contributed by atoms with Crippen LogP contribution < -0.4 is 0 Å². The molecule has 0 aliphatic rings. The molecule has 0 nitrogen and oxygen atoms in total. The first-order chi connectivity index (χ1) is 5.13. The topological polar surface area (TPSA) is 0 Å². The van der Waals surface area contributed by atoms with Crippen LogP contribution in [0.2, 0.25) is 0 Å². The SMILES string of the molecule is C=C/C(Br)=C(/C=C\C)C(=C)C. The van der Waals surface area contributed by atoms with E-state index in [2.05, 4.69) is 29.1 Å². The van der Waals surface area contributed by atoms with Crippen molar-refractivity contribution in [3.05, 3.63) is 47.0 Å². The summed E-state index contributed by atoms with van der Waals surface area (Å²) in [5.74, 6) is 0. The highest BCUT2D eigenvalue weighted by molar-refractivity contribution is 9.11. The van der Waals surface area contributed by atoms with Crippen LogP contribution in [0.4, 0.5) is 0 Å². The van der Waals surface area contributed by atoms with Gasteiger partial charge in [-0.15, -0.1) is 0 Å². The zero-order valence-corrected chi connectivity index (χ0v) is 8.61. The van der Waals surface area contributed by atoms with Gasteiger partial charge in [0.15, 0.2) is 0 Å². The molecule has 0 amide bonds. The monoisotopic (exact) mass is 212 g/mol. The number of allylic oxidation sites excluding steroid dienone is 6. The molecule has 0 aromatic carbocycles. The third-order valence-electron chi connectivity index (χ3n) is 1.23. The summed E-state index contributed by atoms with van der Waals surface area (Å²) in [5, 5.41) is 0. The Morgan fingerprint density at radius 1 is 1.45 bits per heavy atom. The molecule has 0 spiro atoms. The third-order valence-corrected chi connectivity index (χ3v) is 1.98. The van der Waals surface area contributed by atoms with Gasteiger partial charge in [0, 0.05) is 4.48 Å².